The SMILES string of the molecule is O=C(Nc1cccc(Br)c1)C1CC(=O)N(c2ccc3c(c2)OCO3)C1. The Hall–Kier alpha value is -2.54. The number of carbonyl (C=O) groups excluding carboxylic acids is 2. The molecule has 2 aromatic carbocycles. The molecule has 4 rings (SSSR count). The van der Waals surface area contributed by atoms with Gasteiger partial charge in [0.25, 0.3) is 0 Å². The third-order valence-corrected chi connectivity index (χ3v) is 4.75. The maximum atomic E-state index is 12.5. The van der Waals surface area contributed by atoms with E-state index in [-0.39, 0.29) is 25.0 Å². The summed E-state index contributed by atoms with van der Waals surface area (Å²) < 4.78 is 11.5. The number of nitrogens with zero attached hydrogens (tertiary/aromatic N) is 1. The molecule has 2 aliphatic heterocycles. The van der Waals surface area contributed by atoms with Crippen molar-refractivity contribution in [2.24, 2.45) is 5.92 Å². The Morgan fingerprint density at radius 2 is 2.00 bits per heavy atom. The van der Waals surface area contributed by atoms with Crippen molar-refractivity contribution in [1.82, 2.24) is 0 Å². The first-order chi connectivity index (χ1) is 12.1. The molecule has 0 saturated carbocycles. The maximum Gasteiger partial charge on any atom is 0.231 e. The van der Waals surface area contributed by atoms with Gasteiger partial charge < -0.3 is 19.7 Å². The molecule has 1 N–H and O–H groups in total. The van der Waals surface area contributed by atoms with Crippen molar-refractivity contribution in [2.45, 2.75) is 6.42 Å². The molecule has 6 nitrogen and oxygen atoms in total. The minimum absolute atomic E-state index is 0.0757. The Morgan fingerprint density at radius 3 is 2.84 bits per heavy atom. The fraction of sp³-hybridized carbons (Fsp3) is 0.222. The molecule has 1 fully saturated rings. The first-order valence-corrected chi connectivity index (χ1v) is 8.66. The Balaban J connectivity index is 1.47. The Kier molecular flexibility index (Phi) is 4.09. The fourth-order valence-corrected chi connectivity index (χ4v) is 3.40. The molecule has 1 atom stereocenters. The zero-order valence-corrected chi connectivity index (χ0v) is 14.8. The van der Waals surface area contributed by atoms with Crippen molar-refractivity contribution in [2.75, 3.05) is 23.6 Å². The summed E-state index contributed by atoms with van der Waals surface area (Å²) in [6.07, 6.45) is 0.189. The van der Waals surface area contributed by atoms with Gasteiger partial charge in [0.2, 0.25) is 18.6 Å². The molecule has 2 heterocycles. The average Bonchev–Trinajstić information content (AvgIpc) is 3.20. The topological polar surface area (TPSA) is 67.9 Å². The van der Waals surface area contributed by atoms with Crippen LogP contribution in [0.1, 0.15) is 6.42 Å². The predicted octanol–water partition coefficient (Wildman–Crippen LogP) is 3.17. The second-order valence-corrected chi connectivity index (χ2v) is 6.86. The Morgan fingerprint density at radius 1 is 1.16 bits per heavy atom. The van der Waals surface area contributed by atoms with Crippen molar-refractivity contribution < 1.29 is 19.1 Å². The van der Waals surface area contributed by atoms with Gasteiger partial charge in [-0.1, -0.05) is 22.0 Å². The molecule has 128 valence electrons. The van der Waals surface area contributed by atoms with E-state index in [0.29, 0.717) is 29.4 Å². The summed E-state index contributed by atoms with van der Waals surface area (Å²) >= 11 is 3.37. The number of anilines is 2. The van der Waals surface area contributed by atoms with Crippen LogP contribution in [-0.4, -0.2) is 25.2 Å². The van der Waals surface area contributed by atoms with Gasteiger partial charge in [-0.05, 0) is 30.3 Å². The summed E-state index contributed by atoms with van der Waals surface area (Å²) in [4.78, 5) is 26.5. The third kappa shape index (κ3) is 3.19. The van der Waals surface area contributed by atoms with Crippen molar-refractivity contribution >= 4 is 39.1 Å². The van der Waals surface area contributed by atoms with Gasteiger partial charge in [0, 0.05) is 34.9 Å². The van der Waals surface area contributed by atoms with E-state index in [2.05, 4.69) is 21.2 Å². The van der Waals surface area contributed by atoms with Crippen molar-refractivity contribution in [1.29, 1.82) is 0 Å². The molecule has 0 radical (unpaired) electrons. The molecular weight excluding hydrogens is 388 g/mol. The number of nitrogens with one attached hydrogen (secondary N) is 1. The summed E-state index contributed by atoms with van der Waals surface area (Å²) in [6, 6.07) is 12.7. The number of amides is 2. The monoisotopic (exact) mass is 402 g/mol. The first-order valence-electron chi connectivity index (χ1n) is 7.86. The van der Waals surface area contributed by atoms with Gasteiger partial charge in [0.15, 0.2) is 11.5 Å². The molecular formula is C18H15BrN2O4. The molecule has 0 spiro atoms. The van der Waals surface area contributed by atoms with Gasteiger partial charge in [-0.15, -0.1) is 0 Å². The van der Waals surface area contributed by atoms with E-state index in [9.17, 15) is 9.59 Å². The van der Waals surface area contributed by atoms with Crippen LogP contribution in [-0.2, 0) is 9.59 Å². The Bertz CT molecular complexity index is 855. The number of ether oxygens (including phenoxy) is 2. The van der Waals surface area contributed by atoms with E-state index in [0.717, 1.165) is 4.47 Å². The first kappa shape index (κ1) is 16.0. The highest BCUT2D eigenvalue weighted by atomic mass is 79.9. The van der Waals surface area contributed by atoms with Gasteiger partial charge in [-0.2, -0.15) is 0 Å². The minimum Gasteiger partial charge on any atom is -0.454 e. The van der Waals surface area contributed by atoms with Gasteiger partial charge in [-0.25, -0.2) is 0 Å². The van der Waals surface area contributed by atoms with E-state index < -0.39 is 5.92 Å². The lowest BCUT2D eigenvalue weighted by atomic mass is 10.1. The average molecular weight is 403 g/mol. The fourth-order valence-electron chi connectivity index (χ4n) is 3.00. The molecule has 0 bridgehead atoms. The van der Waals surface area contributed by atoms with E-state index >= 15 is 0 Å². The van der Waals surface area contributed by atoms with Crippen LogP contribution in [0.25, 0.3) is 0 Å². The van der Waals surface area contributed by atoms with E-state index in [1.54, 1.807) is 23.1 Å². The second kappa shape index (κ2) is 6.40. The lowest BCUT2D eigenvalue weighted by molar-refractivity contribution is -0.122. The summed E-state index contributed by atoms with van der Waals surface area (Å²) in [6.45, 7) is 0.530. The standard InChI is InChI=1S/C18H15BrN2O4/c19-12-2-1-3-13(7-12)20-18(23)11-6-17(22)21(9-11)14-4-5-15-16(8-14)25-10-24-15/h1-5,7-8,11H,6,9-10H2,(H,20,23). The zero-order valence-electron chi connectivity index (χ0n) is 13.2. The van der Waals surface area contributed by atoms with Crippen molar-refractivity contribution in [3.63, 3.8) is 0 Å². The molecule has 1 saturated heterocycles. The minimum atomic E-state index is -0.392. The van der Waals surface area contributed by atoms with Gasteiger partial charge in [-0.3, -0.25) is 9.59 Å². The number of hydrogen-bond donors (Lipinski definition) is 1. The van der Waals surface area contributed by atoms with Crippen LogP contribution in [0.5, 0.6) is 11.5 Å². The summed E-state index contributed by atoms with van der Waals surface area (Å²) in [5.74, 6) is 0.659. The number of hydrogen-bond acceptors (Lipinski definition) is 4. The molecule has 2 aromatic rings. The Labute approximate surface area is 152 Å². The molecule has 0 aromatic heterocycles. The molecule has 7 heteroatoms. The van der Waals surface area contributed by atoms with Gasteiger partial charge in [0.05, 0.1) is 5.92 Å². The molecule has 25 heavy (non-hydrogen) atoms. The highest BCUT2D eigenvalue weighted by Crippen LogP contribution is 2.37. The largest absolute Gasteiger partial charge is 0.454 e. The quantitative estimate of drug-likeness (QED) is 0.855. The highest BCUT2D eigenvalue weighted by Gasteiger charge is 2.35. The van der Waals surface area contributed by atoms with Gasteiger partial charge in [0.1, 0.15) is 0 Å². The number of carbonyl (C=O) groups is 2. The zero-order chi connectivity index (χ0) is 17.4. The van der Waals surface area contributed by atoms with Crippen LogP contribution in [0.2, 0.25) is 0 Å². The van der Waals surface area contributed by atoms with E-state index in [4.69, 9.17) is 9.47 Å². The highest BCUT2D eigenvalue weighted by molar-refractivity contribution is 9.10. The van der Waals surface area contributed by atoms with Crippen LogP contribution in [0.15, 0.2) is 46.9 Å². The summed E-state index contributed by atoms with van der Waals surface area (Å²) in [7, 11) is 0. The predicted molar refractivity (Wildman–Crippen MR) is 95.8 cm³/mol. The molecule has 0 aliphatic carbocycles. The van der Waals surface area contributed by atoms with Crippen LogP contribution in [0, 0.1) is 5.92 Å². The molecule has 2 amide bonds. The van der Waals surface area contributed by atoms with Crippen molar-refractivity contribution in [3.8, 4) is 11.5 Å². The maximum absolute atomic E-state index is 12.5. The lowest BCUT2D eigenvalue weighted by Crippen LogP contribution is -2.28. The lowest BCUT2D eigenvalue weighted by Gasteiger charge is -2.17. The number of fused-ring (bicyclic) bond motifs is 1. The number of benzene rings is 2. The smallest absolute Gasteiger partial charge is 0.231 e. The summed E-state index contributed by atoms with van der Waals surface area (Å²) in [5, 5.41) is 2.87. The normalized spacial score (nSPS) is 18.5. The third-order valence-electron chi connectivity index (χ3n) is 4.26. The van der Waals surface area contributed by atoms with E-state index in [1.807, 2.05) is 24.3 Å². The molecule has 1 unspecified atom stereocenters. The van der Waals surface area contributed by atoms with Crippen molar-refractivity contribution in [3.05, 3.63) is 46.9 Å². The van der Waals surface area contributed by atoms with Gasteiger partial charge >= 0.3 is 0 Å². The number of halogens is 1. The van der Waals surface area contributed by atoms with E-state index in [1.165, 1.54) is 0 Å². The van der Waals surface area contributed by atoms with Crippen LogP contribution < -0.4 is 19.7 Å². The number of rotatable bonds is 3. The second-order valence-electron chi connectivity index (χ2n) is 5.94. The molecule has 2 aliphatic rings. The van der Waals surface area contributed by atoms with Crippen LogP contribution in [0.4, 0.5) is 11.4 Å². The summed E-state index contributed by atoms with van der Waals surface area (Å²) in [5.41, 5.74) is 1.42. The van der Waals surface area contributed by atoms with Crippen LogP contribution >= 0.6 is 15.9 Å². The van der Waals surface area contributed by atoms with Crippen LogP contribution in [0.3, 0.4) is 0 Å².